The van der Waals surface area contributed by atoms with Gasteiger partial charge in [-0.05, 0) is 0 Å². The predicted octanol–water partition coefficient (Wildman–Crippen LogP) is -0.246. The maximum atomic E-state index is 10.5. The number of carboxylic acids is 1. The molecule has 2 heterocycles. The van der Waals surface area contributed by atoms with Crippen molar-refractivity contribution < 1.29 is 14.4 Å². The van der Waals surface area contributed by atoms with Gasteiger partial charge in [0.05, 0.1) is 18.4 Å². The van der Waals surface area contributed by atoms with Gasteiger partial charge in [0, 0.05) is 19.2 Å². The number of carboxylic acid groups (broad SMARTS) is 1. The Morgan fingerprint density at radius 3 is 3.12 bits per heavy atom. The molecule has 0 radical (unpaired) electrons. The highest BCUT2D eigenvalue weighted by atomic mass is 16.5. The highest BCUT2D eigenvalue weighted by Crippen LogP contribution is 1.94. The molecular weight excluding hydrogens is 226 g/mol. The molecule has 0 saturated carbocycles. The highest BCUT2D eigenvalue weighted by molar-refractivity contribution is 5.84. The Kier molecular flexibility index (Phi) is 3.46. The number of aromatic nitrogens is 4. The summed E-state index contributed by atoms with van der Waals surface area (Å²) in [5, 5.41) is 22.7. The number of aromatic carboxylic acids is 1. The van der Waals surface area contributed by atoms with Crippen LogP contribution in [0.1, 0.15) is 16.2 Å². The van der Waals surface area contributed by atoms with Gasteiger partial charge >= 0.3 is 5.97 Å². The molecule has 0 amide bonds. The summed E-state index contributed by atoms with van der Waals surface area (Å²) in [6.07, 6.45) is 2.90. The van der Waals surface area contributed by atoms with Crippen LogP contribution in [0.3, 0.4) is 0 Å². The van der Waals surface area contributed by atoms with Crippen molar-refractivity contribution >= 4 is 5.97 Å². The summed E-state index contributed by atoms with van der Waals surface area (Å²) < 4.78 is 6.15. The van der Waals surface area contributed by atoms with Crippen LogP contribution in [-0.4, -0.2) is 37.8 Å². The van der Waals surface area contributed by atoms with Gasteiger partial charge in [-0.2, -0.15) is 0 Å². The number of rotatable bonds is 6. The van der Waals surface area contributed by atoms with E-state index in [0.29, 0.717) is 19.6 Å². The van der Waals surface area contributed by atoms with E-state index in [2.05, 4.69) is 25.3 Å². The van der Waals surface area contributed by atoms with E-state index in [1.807, 2.05) is 0 Å². The fourth-order valence-corrected chi connectivity index (χ4v) is 1.24. The van der Waals surface area contributed by atoms with E-state index in [4.69, 9.17) is 5.11 Å². The molecule has 0 spiro atoms. The van der Waals surface area contributed by atoms with Gasteiger partial charge in [-0.25, -0.2) is 4.79 Å². The Hall–Kier alpha value is -2.22. The van der Waals surface area contributed by atoms with Crippen molar-refractivity contribution in [3.8, 4) is 0 Å². The van der Waals surface area contributed by atoms with Gasteiger partial charge in [0.1, 0.15) is 6.26 Å². The molecule has 90 valence electrons. The van der Waals surface area contributed by atoms with Crippen molar-refractivity contribution in [2.45, 2.75) is 13.1 Å². The Labute approximate surface area is 96.2 Å². The normalized spacial score (nSPS) is 10.6. The molecule has 0 unspecified atom stereocenters. The second-order valence-corrected chi connectivity index (χ2v) is 3.34. The lowest BCUT2D eigenvalue weighted by atomic mass is 10.4. The summed E-state index contributed by atoms with van der Waals surface area (Å²) in [5.74, 6) is -1.08. The van der Waals surface area contributed by atoms with E-state index >= 15 is 0 Å². The van der Waals surface area contributed by atoms with Gasteiger partial charge in [-0.3, -0.25) is 4.68 Å². The lowest BCUT2D eigenvalue weighted by Crippen LogP contribution is -2.20. The zero-order valence-corrected chi connectivity index (χ0v) is 8.91. The topological polar surface area (TPSA) is 106 Å². The summed E-state index contributed by atoms with van der Waals surface area (Å²) in [7, 11) is 0. The molecule has 0 saturated heterocycles. The van der Waals surface area contributed by atoms with Crippen LogP contribution in [0.5, 0.6) is 0 Å². The van der Waals surface area contributed by atoms with E-state index in [9.17, 15) is 4.79 Å². The van der Waals surface area contributed by atoms with Gasteiger partial charge in [-0.15, -0.1) is 5.10 Å². The van der Waals surface area contributed by atoms with E-state index in [-0.39, 0.29) is 5.69 Å². The summed E-state index contributed by atoms with van der Waals surface area (Å²) >= 11 is 0. The summed E-state index contributed by atoms with van der Waals surface area (Å²) in [4.78, 5) is 10.5. The average Bonchev–Trinajstić information content (AvgIpc) is 2.96. The molecule has 8 heteroatoms. The molecule has 8 nitrogen and oxygen atoms in total. The monoisotopic (exact) mass is 237 g/mol. The van der Waals surface area contributed by atoms with Crippen LogP contribution in [-0.2, 0) is 13.1 Å². The maximum absolute atomic E-state index is 10.5. The lowest BCUT2D eigenvalue weighted by Gasteiger charge is -2.01. The zero-order valence-electron chi connectivity index (χ0n) is 8.91. The first-order valence-corrected chi connectivity index (χ1v) is 4.99. The first-order chi connectivity index (χ1) is 8.25. The van der Waals surface area contributed by atoms with Crippen LogP contribution in [0.4, 0.5) is 0 Å². The molecule has 0 aliphatic rings. The van der Waals surface area contributed by atoms with Crippen molar-refractivity contribution in [3.05, 3.63) is 29.9 Å². The van der Waals surface area contributed by atoms with Crippen molar-refractivity contribution in [1.29, 1.82) is 0 Å². The van der Waals surface area contributed by atoms with Gasteiger partial charge in [0.2, 0.25) is 0 Å². The van der Waals surface area contributed by atoms with Gasteiger partial charge < -0.3 is 14.9 Å². The number of carbonyl (C=O) groups is 1. The van der Waals surface area contributed by atoms with Crippen LogP contribution in [0.2, 0.25) is 0 Å². The van der Waals surface area contributed by atoms with Crippen molar-refractivity contribution in [2.75, 3.05) is 6.54 Å². The second kappa shape index (κ2) is 5.21. The molecule has 0 bridgehead atoms. The SMILES string of the molecule is O=C(O)c1cn(CCNCc2ccon2)nn1. The summed E-state index contributed by atoms with van der Waals surface area (Å²) in [6, 6.07) is 1.77. The molecule has 2 aromatic rings. The number of nitrogens with one attached hydrogen (secondary N) is 1. The Balaban J connectivity index is 1.72. The van der Waals surface area contributed by atoms with E-state index in [0.717, 1.165) is 5.69 Å². The van der Waals surface area contributed by atoms with Crippen LogP contribution in [0, 0.1) is 0 Å². The van der Waals surface area contributed by atoms with Gasteiger partial charge in [0.25, 0.3) is 0 Å². The number of hydrogen-bond acceptors (Lipinski definition) is 6. The smallest absolute Gasteiger partial charge is 0.358 e. The standard InChI is InChI=1S/C9H11N5O3/c15-9(16)8-6-14(13-11-8)3-2-10-5-7-1-4-17-12-7/h1,4,6,10H,2-3,5H2,(H,15,16). The Morgan fingerprint density at radius 2 is 2.47 bits per heavy atom. The third-order valence-electron chi connectivity index (χ3n) is 2.07. The fourth-order valence-electron chi connectivity index (χ4n) is 1.24. The van der Waals surface area contributed by atoms with Crippen molar-refractivity contribution in [2.24, 2.45) is 0 Å². The second-order valence-electron chi connectivity index (χ2n) is 3.34. The minimum atomic E-state index is -1.08. The molecule has 0 atom stereocenters. The molecule has 0 aliphatic heterocycles. The molecule has 0 aliphatic carbocycles. The van der Waals surface area contributed by atoms with Gasteiger partial charge in [0.15, 0.2) is 5.69 Å². The van der Waals surface area contributed by atoms with Crippen LogP contribution in [0.25, 0.3) is 0 Å². The molecule has 2 aromatic heterocycles. The largest absolute Gasteiger partial charge is 0.476 e. The zero-order chi connectivity index (χ0) is 12.1. The van der Waals surface area contributed by atoms with Crippen LogP contribution < -0.4 is 5.32 Å². The molecule has 0 aromatic carbocycles. The third-order valence-corrected chi connectivity index (χ3v) is 2.07. The van der Waals surface area contributed by atoms with E-state index in [1.54, 1.807) is 6.07 Å². The minimum absolute atomic E-state index is 0.0542. The fraction of sp³-hybridized carbons (Fsp3) is 0.333. The quantitative estimate of drug-likeness (QED) is 0.667. The Bertz CT molecular complexity index is 479. The first-order valence-electron chi connectivity index (χ1n) is 4.99. The highest BCUT2D eigenvalue weighted by Gasteiger charge is 2.07. The molecular formula is C9H11N5O3. The van der Waals surface area contributed by atoms with E-state index in [1.165, 1.54) is 17.1 Å². The lowest BCUT2D eigenvalue weighted by molar-refractivity contribution is 0.0690. The average molecular weight is 237 g/mol. The molecule has 2 rings (SSSR count). The minimum Gasteiger partial charge on any atom is -0.476 e. The maximum Gasteiger partial charge on any atom is 0.358 e. The number of nitrogens with zero attached hydrogens (tertiary/aromatic N) is 4. The summed E-state index contributed by atoms with van der Waals surface area (Å²) in [6.45, 7) is 1.77. The number of hydrogen-bond donors (Lipinski definition) is 2. The summed E-state index contributed by atoms with van der Waals surface area (Å²) in [5.41, 5.74) is 0.760. The third kappa shape index (κ3) is 3.11. The molecule has 2 N–H and O–H groups in total. The van der Waals surface area contributed by atoms with E-state index < -0.39 is 5.97 Å². The molecule has 0 fully saturated rings. The van der Waals surface area contributed by atoms with Crippen LogP contribution in [0.15, 0.2) is 23.0 Å². The molecule has 17 heavy (non-hydrogen) atoms. The van der Waals surface area contributed by atoms with Crippen molar-refractivity contribution in [3.63, 3.8) is 0 Å². The van der Waals surface area contributed by atoms with Gasteiger partial charge in [-0.1, -0.05) is 10.4 Å². The predicted molar refractivity (Wildman–Crippen MR) is 55.2 cm³/mol. The Morgan fingerprint density at radius 1 is 1.59 bits per heavy atom. The van der Waals surface area contributed by atoms with Crippen LogP contribution >= 0.6 is 0 Å². The first kappa shape index (κ1) is 11.3. The van der Waals surface area contributed by atoms with Crippen molar-refractivity contribution in [1.82, 2.24) is 25.5 Å².